The van der Waals surface area contributed by atoms with E-state index in [2.05, 4.69) is 0 Å². The molecule has 1 rings (SSSR count). The Labute approximate surface area is 81.7 Å². The first kappa shape index (κ1) is 11.4. The summed E-state index contributed by atoms with van der Waals surface area (Å²) in [6.45, 7) is 0.0101. The summed E-state index contributed by atoms with van der Waals surface area (Å²) in [6, 6.07) is 0. The van der Waals surface area contributed by atoms with Crippen LogP contribution in [-0.4, -0.2) is 41.5 Å². The minimum absolute atomic E-state index is 0.0101. The summed E-state index contributed by atoms with van der Waals surface area (Å²) in [5.74, 6) is -1.22. The van der Waals surface area contributed by atoms with Gasteiger partial charge in [-0.15, -0.1) is 0 Å². The first-order chi connectivity index (χ1) is 6.44. The van der Waals surface area contributed by atoms with Crippen molar-refractivity contribution in [1.82, 2.24) is 4.90 Å². The van der Waals surface area contributed by atoms with Crippen LogP contribution in [0, 0.1) is 0 Å². The van der Waals surface area contributed by atoms with E-state index in [1.165, 1.54) is 7.05 Å². The Morgan fingerprint density at radius 3 is 2.43 bits per heavy atom. The number of alkyl halides is 2. The van der Waals surface area contributed by atoms with Gasteiger partial charge in [0.2, 0.25) is 0 Å². The summed E-state index contributed by atoms with van der Waals surface area (Å²) in [6.07, 6.45) is -0.00714. The summed E-state index contributed by atoms with van der Waals surface area (Å²) in [5.41, 5.74) is -0.945. The number of rotatable bonds is 3. The molecule has 1 aliphatic rings. The molecule has 1 amide bonds. The van der Waals surface area contributed by atoms with Gasteiger partial charge < -0.3 is 10.0 Å². The van der Waals surface area contributed by atoms with Gasteiger partial charge in [0, 0.05) is 13.6 Å². The Morgan fingerprint density at radius 1 is 1.50 bits per heavy atom. The zero-order valence-corrected chi connectivity index (χ0v) is 8.17. The Kier molecular flexibility index (Phi) is 3.42. The largest absolute Gasteiger partial charge is 0.388 e. The molecule has 5 heteroatoms. The van der Waals surface area contributed by atoms with Crippen LogP contribution in [0.1, 0.15) is 25.7 Å². The van der Waals surface area contributed by atoms with Crippen LogP contribution in [0.4, 0.5) is 8.78 Å². The van der Waals surface area contributed by atoms with Crippen molar-refractivity contribution in [3.8, 4) is 0 Å². The maximum absolute atomic E-state index is 12.0. The number of nitrogens with zero attached hydrogens (tertiary/aromatic N) is 1. The van der Waals surface area contributed by atoms with Crippen molar-refractivity contribution in [2.75, 3.05) is 13.6 Å². The summed E-state index contributed by atoms with van der Waals surface area (Å²) in [7, 11) is 1.30. The molecule has 0 aromatic heterocycles. The number of carbonyl (C=O) groups is 1. The number of amides is 1. The third-order valence-electron chi connectivity index (χ3n) is 2.63. The van der Waals surface area contributed by atoms with Crippen molar-refractivity contribution >= 4 is 5.91 Å². The predicted octanol–water partition coefficient (Wildman–Crippen LogP) is 1.01. The van der Waals surface area contributed by atoms with Gasteiger partial charge in [0.15, 0.2) is 0 Å². The smallest absolute Gasteiger partial charge is 0.315 e. The van der Waals surface area contributed by atoms with Gasteiger partial charge in [0.05, 0.1) is 5.60 Å². The van der Waals surface area contributed by atoms with Crippen molar-refractivity contribution in [1.29, 1.82) is 0 Å². The zero-order chi connectivity index (χ0) is 10.8. The van der Waals surface area contributed by atoms with Gasteiger partial charge in [-0.2, -0.15) is 8.78 Å². The third-order valence-corrected chi connectivity index (χ3v) is 2.63. The van der Waals surface area contributed by atoms with Crippen molar-refractivity contribution in [2.45, 2.75) is 37.7 Å². The highest BCUT2D eigenvalue weighted by Gasteiger charge is 2.34. The first-order valence-corrected chi connectivity index (χ1v) is 4.70. The number of hydrogen-bond donors (Lipinski definition) is 1. The van der Waals surface area contributed by atoms with Crippen LogP contribution in [0.3, 0.4) is 0 Å². The summed E-state index contributed by atoms with van der Waals surface area (Å²) in [5, 5.41) is 9.85. The molecule has 0 atom stereocenters. The van der Waals surface area contributed by atoms with Gasteiger partial charge in [-0.3, -0.25) is 4.79 Å². The van der Waals surface area contributed by atoms with Crippen molar-refractivity contribution in [3.63, 3.8) is 0 Å². The second-order valence-corrected chi connectivity index (χ2v) is 3.93. The predicted molar refractivity (Wildman–Crippen MR) is 47.1 cm³/mol. The number of likely N-dealkylation sites (N-methyl/N-ethyl adjacent to an activating group) is 1. The van der Waals surface area contributed by atoms with E-state index in [1.54, 1.807) is 0 Å². The second kappa shape index (κ2) is 4.21. The SMILES string of the molecule is CN(CC1(O)CCCC1)C(=O)C(F)F. The molecule has 0 aliphatic heterocycles. The lowest BCUT2D eigenvalue weighted by Gasteiger charge is -2.28. The van der Waals surface area contributed by atoms with Crippen LogP contribution >= 0.6 is 0 Å². The van der Waals surface area contributed by atoms with E-state index < -0.39 is 17.9 Å². The number of halogens is 2. The first-order valence-electron chi connectivity index (χ1n) is 4.70. The Balaban J connectivity index is 2.47. The van der Waals surface area contributed by atoms with E-state index >= 15 is 0 Å². The molecule has 0 saturated heterocycles. The molecule has 1 saturated carbocycles. The molecular weight excluding hydrogens is 192 g/mol. The Morgan fingerprint density at radius 2 is 2.00 bits per heavy atom. The monoisotopic (exact) mass is 207 g/mol. The molecule has 0 aromatic carbocycles. The van der Waals surface area contributed by atoms with Crippen LogP contribution in [0.15, 0.2) is 0 Å². The summed E-state index contributed by atoms with van der Waals surface area (Å²) >= 11 is 0. The van der Waals surface area contributed by atoms with Crippen LogP contribution in [0.2, 0.25) is 0 Å². The van der Waals surface area contributed by atoms with Gasteiger partial charge in [-0.1, -0.05) is 12.8 Å². The zero-order valence-electron chi connectivity index (χ0n) is 8.17. The van der Waals surface area contributed by atoms with Gasteiger partial charge in [-0.25, -0.2) is 0 Å². The summed E-state index contributed by atoms with van der Waals surface area (Å²) in [4.78, 5) is 11.8. The van der Waals surface area contributed by atoms with Gasteiger partial charge in [0.25, 0.3) is 5.91 Å². The third kappa shape index (κ3) is 2.64. The lowest BCUT2D eigenvalue weighted by molar-refractivity contribution is -0.144. The Hall–Kier alpha value is -0.710. The molecule has 82 valence electrons. The van der Waals surface area contributed by atoms with E-state index in [1.807, 2.05) is 0 Å². The average Bonchev–Trinajstić information content (AvgIpc) is 2.50. The fourth-order valence-corrected chi connectivity index (χ4v) is 1.88. The molecular formula is C9H15F2NO2. The minimum Gasteiger partial charge on any atom is -0.388 e. The van der Waals surface area contributed by atoms with E-state index in [9.17, 15) is 18.7 Å². The van der Waals surface area contributed by atoms with E-state index in [-0.39, 0.29) is 6.54 Å². The normalized spacial score (nSPS) is 20.1. The van der Waals surface area contributed by atoms with Gasteiger partial charge in [0.1, 0.15) is 0 Å². The quantitative estimate of drug-likeness (QED) is 0.750. The van der Waals surface area contributed by atoms with Gasteiger partial charge >= 0.3 is 6.43 Å². The molecule has 0 unspecified atom stereocenters. The fraction of sp³-hybridized carbons (Fsp3) is 0.889. The minimum atomic E-state index is -2.98. The highest BCUT2D eigenvalue weighted by atomic mass is 19.3. The average molecular weight is 207 g/mol. The van der Waals surface area contributed by atoms with Crippen LogP contribution in [0.25, 0.3) is 0 Å². The van der Waals surface area contributed by atoms with Crippen molar-refractivity contribution in [2.24, 2.45) is 0 Å². The number of hydrogen-bond acceptors (Lipinski definition) is 2. The van der Waals surface area contributed by atoms with Crippen molar-refractivity contribution < 1.29 is 18.7 Å². The molecule has 3 nitrogen and oxygen atoms in total. The molecule has 0 spiro atoms. The molecule has 0 bridgehead atoms. The molecule has 1 aliphatic carbocycles. The van der Waals surface area contributed by atoms with E-state index in [0.717, 1.165) is 17.7 Å². The van der Waals surface area contributed by atoms with Crippen LogP contribution in [0.5, 0.6) is 0 Å². The molecule has 1 N–H and O–H groups in total. The highest BCUT2D eigenvalue weighted by Crippen LogP contribution is 2.30. The fourth-order valence-electron chi connectivity index (χ4n) is 1.88. The highest BCUT2D eigenvalue weighted by molar-refractivity contribution is 5.79. The summed E-state index contributed by atoms with van der Waals surface area (Å²) < 4.78 is 24.0. The lowest BCUT2D eigenvalue weighted by atomic mass is 10.0. The van der Waals surface area contributed by atoms with E-state index in [0.29, 0.717) is 12.8 Å². The Bertz CT molecular complexity index is 215. The van der Waals surface area contributed by atoms with E-state index in [4.69, 9.17) is 0 Å². The van der Waals surface area contributed by atoms with Crippen LogP contribution in [-0.2, 0) is 4.79 Å². The lowest BCUT2D eigenvalue weighted by Crippen LogP contribution is -2.44. The second-order valence-electron chi connectivity index (χ2n) is 3.93. The van der Waals surface area contributed by atoms with Gasteiger partial charge in [-0.05, 0) is 12.8 Å². The van der Waals surface area contributed by atoms with Crippen LogP contribution < -0.4 is 0 Å². The maximum atomic E-state index is 12.0. The molecule has 0 aromatic rings. The topological polar surface area (TPSA) is 40.5 Å². The molecule has 0 heterocycles. The van der Waals surface area contributed by atoms with Crippen molar-refractivity contribution in [3.05, 3.63) is 0 Å². The maximum Gasteiger partial charge on any atom is 0.315 e. The number of carbonyl (C=O) groups excluding carboxylic acids is 1. The number of aliphatic hydroxyl groups is 1. The molecule has 0 radical (unpaired) electrons. The molecule has 1 fully saturated rings. The molecule has 14 heavy (non-hydrogen) atoms. The standard InChI is InChI=1S/C9H15F2NO2/c1-12(8(13)7(10)11)6-9(14)4-2-3-5-9/h7,14H,2-6H2,1H3.